The molecule has 3 rings (SSSR count). The minimum Gasteiger partial charge on any atom is -0.307 e. The number of ether oxygens (including phenoxy) is 1. The van der Waals surface area contributed by atoms with Crippen molar-refractivity contribution in [2.24, 2.45) is 22.2 Å². The van der Waals surface area contributed by atoms with E-state index in [1.807, 2.05) is 0 Å². The van der Waals surface area contributed by atoms with E-state index in [9.17, 15) is 0 Å². The van der Waals surface area contributed by atoms with E-state index in [1.165, 1.54) is 31.2 Å². The van der Waals surface area contributed by atoms with Crippen molar-refractivity contribution in [1.29, 1.82) is 0 Å². The average molecular weight is 309 g/mol. The number of hydrogen-bond acceptors (Lipinski definition) is 1. The van der Waals surface area contributed by atoms with Gasteiger partial charge < -0.3 is 4.74 Å². The van der Waals surface area contributed by atoms with Gasteiger partial charge in [0, 0.05) is 6.42 Å². The molecule has 0 N–H and O–H groups in total. The molecule has 3 aliphatic rings. The Morgan fingerprint density at radius 2 is 1.81 bits per heavy atom. The molecule has 120 valence electrons. The van der Waals surface area contributed by atoms with Gasteiger partial charge in [-0.05, 0) is 48.3 Å². The first kappa shape index (κ1) is 16.0. The predicted octanol–water partition coefficient (Wildman–Crippen LogP) is 5.67. The summed E-state index contributed by atoms with van der Waals surface area (Å²) >= 11 is 0. The average Bonchev–Trinajstić information content (AvgIpc) is 2.59. The van der Waals surface area contributed by atoms with Crippen LogP contribution in [0.3, 0.4) is 0 Å². The highest BCUT2D eigenvalue weighted by molar-refractivity contribution is 7.71. The molecule has 5 atom stereocenters. The quantitative estimate of drug-likeness (QED) is 0.610. The van der Waals surface area contributed by atoms with E-state index in [0.717, 1.165) is 5.92 Å². The van der Waals surface area contributed by atoms with Crippen molar-refractivity contribution in [1.82, 2.24) is 0 Å². The summed E-state index contributed by atoms with van der Waals surface area (Å²) in [4.78, 5) is 0. The Kier molecular flexibility index (Phi) is 3.32. The fourth-order valence-corrected chi connectivity index (χ4v) is 7.79. The van der Waals surface area contributed by atoms with Crippen LogP contribution in [0.2, 0.25) is 0 Å². The second-order valence-corrected chi connectivity index (χ2v) is 12.7. The standard InChI is InChI=1S/C19H34OP/c1-16(2,3)12-19(7)15(21(19)8)20-14-11-18(6)10-9-13(14)17(18,4)5/h13-14H,9-12H2,1-8H3/q+1. The first-order valence-electron chi connectivity index (χ1n) is 8.69. The van der Waals surface area contributed by atoms with Gasteiger partial charge in [-0.15, -0.1) is 0 Å². The van der Waals surface area contributed by atoms with Crippen molar-refractivity contribution in [3.63, 3.8) is 0 Å². The van der Waals surface area contributed by atoms with Crippen LogP contribution in [0.5, 0.6) is 0 Å². The molecule has 0 aromatic carbocycles. The summed E-state index contributed by atoms with van der Waals surface area (Å²) in [6.45, 7) is 19.4. The SMILES string of the molecule is C[P+]1=C(OC2CC3(C)CCC2C3(C)C)C1(C)CC(C)(C)C. The summed E-state index contributed by atoms with van der Waals surface area (Å²) < 4.78 is 6.68. The third-order valence-corrected chi connectivity index (χ3v) is 10.0. The molecule has 0 aromatic rings. The van der Waals surface area contributed by atoms with Crippen LogP contribution in [-0.4, -0.2) is 23.4 Å². The molecule has 5 unspecified atom stereocenters. The maximum absolute atomic E-state index is 6.68. The lowest BCUT2D eigenvalue weighted by atomic mass is 9.71. The Bertz CT molecular complexity index is 495. The lowest BCUT2D eigenvalue weighted by Crippen LogP contribution is -2.30. The van der Waals surface area contributed by atoms with E-state index in [2.05, 4.69) is 55.1 Å². The highest BCUT2D eigenvalue weighted by atomic mass is 31.1. The van der Waals surface area contributed by atoms with Gasteiger partial charge in [-0.1, -0.05) is 41.5 Å². The van der Waals surface area contributed by atoms with Gasteiger partial charge in [-0.3, -0.25) is 0 Å². The highest BCUT2D eigenvalue weighted by Crippen LogP contribution is 2.68. The molecule has 0 saturated heterocycles. The topological polar surface area (TPSA) is 9.23 Å². The molecule has 0 spiro atoms. The molecule has 0 aromatic heterocycles. The normalized spacial score (nSPS) is 46.3. The smallest absolute Gasteiger partial charge is 0.277 e. The van der Waals surface area contributed by atoms with Crippen LogP contribution >= 0.6 is 7.55 Å². The van der Waals surface area contributed by atoms with E-state index in [0.29, 0.717) is 27.5 Å². The Balaban J connectivity index is 1.70. The van der Waals surface area contributed by atoms with Crippen LogP contribution in [0.1, 0.15) is 74.1 Å². The van der Waals surface area contributed by atoms with Crippen molar-refractivity contribution < 1.29 is 4.74 Å². The maximum Gasteiger partial charge on any atom is 0.277 e. The molecule has 2 heteroatoms. The van der Waals surface area contributed by atoms with Crippen molar-refractivity contribution in [2.75, 3.05) is 6.66 Å². The minimum absolute atomic E-state index is 0.0220. The zero-order valence-corrected chi connectivity index (χ0v) is 16.2. The molecule has 2 saturated carbocycles. The Morgan fingerprint density at radius 3 is 2.24 bits per heavy atom. The van der Waals surface area contributed by atoms with E-state index in [-0.39, 0.29) is 7.55 Å². The number of hydrogen-bond donors (Lipinski definition) is 0. The van der Waals surface area contributed by atoms with E-state index >= 15 is 0 Å². The summed E-state index contributed by atoms with van der Waals surface area (Å²) in [5.41, 5.74) is 2.85. The second-order valence-electron chi connectivity index (χ2n) is 10.2. The van der Waals surface area contributed by atoms with Crippen LogP contribution in [0, 0.1) is 22.2 Å². The fourth-order valence-electron chi connectivity index (χ4n) is 5.39. The summed E-state index contributed by atoms with van der Waals surface area (Å²) in [5.74, 6) is 0.776. The van der Waals surface area contributed by atoms with Crippen LogP contribution in [0.4, 0.5) is 0 Å². The summed E-state index contributed by atoms with van der Waals surface area (Å²) in [6.07, 6.45) is 5.83. The van der Waals surface area contributed by atoms with E-state index in [4.69, 9.17) is 4.74 Å². The van der Waals surface area contributed by atoms with Gasteiger partial charge in [-0.2, -0.15) is 0 Å². The lowest BCUT2D eigenvalue weighted by molar-refractivity contribution is 0.105. The Morgan fingerprint density at radius 1 is 1.19 bits per heavy atom. The number of rotatable bonds is 3. The molecule has 0 radical (unpaired) electrons. The monoisotopic (exact) mass is 309 g/mol. The lowest BCUT2D eigenvalue weighted by Gasteiger charge is -2.33. The molecular formula is C19H34OP+. The van der Waals surface area contributed by atoms with Gasteiger partial charge in [-0.25, -0.2) is 0 Å². The van der Waals surface area contributed by atoms with Crippen LogP contribution in [0.25, 0.3) is 0 Å². The van der Waals surface area contributed by atoms with E-state index in [1.54, 1.807) is 0 Å². The second kappa shape index (κ2) is 4.35. The van der Waals surface area contributed by atoms with Gasteiger partial charge in [0.15, 0.2) is 0 Å². The van der Waals surface area contributed by atoms with Crippen molar-refractivity contribution in [2.45, 2.75) is 85.4 Å². The zero-order valence-electron chi connectivity index (χ0n) is 15.3. The van der Waals surface area contributed by atoms with Gasteiger partial charge >= 0.3 is 0 Å². The summed E-state index contributed by atoms with van der Waals surface area (Å²) in [6, 6.07) is 0. The van der Waals surface area contributed by atoms with Crippen molar-refractivity contribution in [3.8, 4) is 0 Å². The number of fused-ring (bicyclic) bond motifs is 2. The molecule has 1 heterocycles. The first-order valence-corrected chi connectivity index (χ1v) is 10.5. The minimum atomic E-state index is -0.0220. The van der Waals surface area contributed by atoms with Gasteiger partial charge in [0.25, 0.3) is 5.48 Å². The fraction of sp³-hybridized carbons (Fsp3) is 0.947. The molecule has 1 aliphatic heterocycles. The predicted molar refractivity (Wildman–Crippen MR) is 94.4 cm³/mol. The molecule has 2 bridgehead atoms. The third kappa shape index (κ3) is 2.26. The highest BCUT2D eigenvalue weighted by Gasteiger charge is 2.67. The summed E-state index contributed by atoms with van der Waals surface area (Å²) in [7, 11) is -0.0220. The Hall–Kier alpha value is 0.130. The Labute approximate surface area is 132 Å². The van der Waals surface area contributed by atoms with Gasteiger partial charge in [0.1, 0.15) is 7.55 Å². The van der Waals surface area contributed by atoms with Crippen LogP contribution in [-0.2, 0) is 4.74 Å². The molecular weight excluding hydrogens is 275 g/mol. The first-order chi connectivity index (χ1) is 9.41. The molecule has 2 fully saturated rings. The summed E-state index contributed by atoms with van der Waals surface area (Å²) in [5, 5.41) is 0.389. The maximum atomic E-state index is 6.68. The molecule has 2 aliphatic carbocycles. The van der Waals surface area contributed by atoms with E-state index < -0.39 is 0 Å². The van der Waals surface area contributed by atoms with Crippen molar-refractivity contribution >= 4 is 13.0 Å². The molecule has 0 amide bonds. The zero-order chi connectivity index (χ0) is 15.8. The molecule has 1 nitrogen and oxygen atoms in total. The largest absolute Gasteiger partial charge is 0.307 e. The van der Waals surface area contributed by atoms with Gasteiger partial charge in [0.05, 0.1) is 12.8 Å². The third-order valence-electron chi connectivity index (χ3n) is 7.18. The van der Waals surface area contributed by atoms with Crippen molar-refractivity contribution in [3.05, 3.63) is 0 Å². The van der Waals surface area contributed by atoms with Gasteiger partial charge in [0.2, 0.25) is 5.16 Å². The van der Waals surface area contributed by atoms with Crippen LogP contribution in [0.15, 0.2) is 0 Å². The molecule has 21 heavy (non-hydrogen) atoms. The van der Waals surface area contributed by atoms with Crippen LogP contribution < -0.4 is 0 Å².